The molecule has 2 aliphatic rings. The third-order valence-corrected chi connectivity index (χ3v) is 4.36. The first-order valence-electron chi connectivity index (χ1n) is 7.36. The molecule has 2 nitrogen and oxygen atoms in total. The first kappa shape index (κ1) is 11.7. The Kier molecular flexibility index (Phi) is 2.80. The first-order valence-corrected chi connectivity index (χ1v) is 7.36. The number of amidine groups is 1. The quantitative estimate of drug-likeness (QED) is 0.768. The summed E-state index contributed by atoms with van der Waals surface area (Å²) in [5.74, 6) is 1.29. The van der Waals surface area contributed by atoms with E-state index in [0.717, 1.165) is 25.9 Å². The van der Waals surface area contributed by atoms with Crippen LogP contribution in [-0.2, 0) is 6.42 Å². The minimum absolute atomic E-state index is 0.330. The Labute approximate surface area is 119 Å². The van der Waals surface area contributed by atoms with Gasteiger partial charge in [0.05, 0.1) is 12.6 Å². The van der Waals surface area contributed by atoms with Crippen LogP contribution in [0.5, 0.6) is 0 Å². The van der Waals surface area contributed by atoms with Gasteiger partial charge in [0.2, 0.25) is 0 Å². The molecule has 100 valence electrons. The fourth-order valence-electron chi connectivity index (χ4n) is 3.45. The van der Waals surface area contributed by atoms with Crippen molar-refractivity contribution in [3.05, 3.63) is 71.3 Å². The molecule has 1 atom stereocenters. The summed E-state index contributed by atoms with van der Waals surface area (Å²) in [4.78, 5) is 7.22. The summed E-state index contributed by atoms with van der Waals surface area (Å²) in [6.45, 7) is 1.99. The van der Waals surface area contributed by atoms with Crippen molar-refractivity contribution < 1.29 is 0 Å². The van der Waals surface area contributed by atoms with Crippen LogP contribution in [-0.4, -0.2) is 23.8 Å². The predicted octanol–water partition coefficient (Wildman–Crippen LogP) is 3.44. The van der Waals surface area contributed by atoms with Gasteiger partial charge < -0.3 is 4.90 Å². The Bertz CT molecular complexity index is 645. The summed E-state index contributed by atoms with van der Waals surface area (Å²) in [7, 11) is 0. The highest BCUT2D eigenvalue weighted by Crippen LogP contribution is 2.36. The number of nitrogens with zero attached hydrogens (tertiary/aromatic N) is 2. The summed E-state index contributed by atoms with van der Waals surface area (Å²) in [5.41, 5.74) is 4.29. The number of benzene rings is 2. The molecular weight excluding hydrogens is 244 g/mol. The molecule has 2 aromatic carbocycles. The summed E-state index contributed by atoms with van der Waals surface area (Å²) in [6.07, 6.45) is 2.18. The molecule has 0 amide bonds. The standard InChI is InChI=1S/C18H18N2/c1-2-7-15(8-3-1)18-16-9-5-4-6-14(16)10-11-17-19-12-13-20(17)18/h1-9,18H,10-13H2. The highest BCUT2D eigenvalue weighted by atomic mass is 15.3. The monoisotopic (exact) mass is 262 g/mol. The van der Waals surface area contributed by atoms with E-state index in [0.29, 0.717) is 6.04 Å². The Morgan fingerprint density at radius 3 is 2.60 bits per heavy atom. The maximum Gasteiger partial charge on any atom is 0.100 e. The molecule has 0 N–H and O–H groups in total. The average molecular weight is 262 g/mol. The Morgan fingerprint density at radius 2 is 1.70 bits per heavy atom. The average Bonchev–Trinajstić information content (AvgIpc) is 2.90. The molecule has 0 spiro atoms. The molecule has 0 aromatic heterocycles. The van der Waals surface area contributed by atoms with Crippen LogP contribution < -0.4 is 0 Å². The molecule has 4 rings (SSSR count). The van der Waals surface area contributed by atoms with Crippen molar-refractivity contribution in [2.24, 2.45) is 4.99 Å². The van der Waals surface area contributed by atoms with E-state index < -0.39 is 0 Å². The van der Waals surface area contributed by atoms with E-state index in [9.17, 15) is 0 Å². The van der Waals surface area contributed by atoms with Gasteiger partial charge in [0.1, 0.15) is 5.84 Å². The van der Waals surface area contributed by atoms with E-state index in [1.54, 1.807) is 0 Å². The van der Waals surface area contributed by atoms with Gasteiger partial charge in [0.15, 0.2) is 0 Å². The molecule has 0 saturated carbocycles. The van der Waals surface area contributed by atoms with Crippen LogP contribution in [0.1, 0.15) is 29.2 Å². The van der Waals surface area contributed by atoms with Crippen molar-refractivity contribution in [1.82, 2.24) is 4.90 Å². The summed E-state index contributed by atoms with van der Waals surface area (Å²) in [5, 5.41) is 0. The molecule has 0 saturated heterocycles. The van der Waals surface area contributed by atoms with Crippen molar-refractivity contribution in [2.75, 3.05) is 13.1 Å². The fraction of sp³-hybridized carbons (Fsp3) is 0.278. The Balaban J connectivity index is 1.89. The SMILES string of the molecule is c1ccc(C2c3ccccc3CCC3=NCCN32)cc1. The fourth-order valence-corrected chi connectivity index (χ4v) is 3.45. The molecule has 2 aliphatic heterocycles. The first-order chi connectivity index (χ1) is 9.93. The normalized spacial score (nSPS) is 20.9. The lowest BCUT2D eigenvalue weighted by atomic mass is 9.93. The lowest BCUT2D eigenvalue weighted by Gasteiger charge is -2.30. The molecule has 1 unspecified atom stereocenters. The van der Waals surface area contributed by atoms with Gasteiger partial charge in [-0.05, 0) is 23.1 Å². The van der Waals surface area contributed by atoms with E-state index >= 15 is 0 Å². The van der Waals surface area contributed by atoms with Gasteiger partial charge in [-0.15, -0.1) is 0 Å². The minimum atomic E-state index is 0.330. The van der Waals surface area contributed by atoms with Gasteiger partial charge in [-0.25, -0.2) is 0 Å². The summed E-state index contributed by atoms with van der Waals surface area (Å²) in [6, 6.07) is 20.0. The molecule has 2 heteroatoms. The zero-order valence-corrected chi connectivity index (χ0v) is 11.5. The molecule has 20 heavy (non-hydrogen) atoms. The van der Waals surface area contributed by atoms with Crippen LogP contribution in [0.25, 0.3) is 0 Å². The third-order valence-electron chi connectivity index (χ3n) is 4.36. The van der Waals surface area contributed by atoms with Crippen LogP contribution in [0.2, 0.25) is 0 Å². The van der Waals surface area contributed by atoms with Crippen LogP contribution in [0.3, 0.4) is 0 Å². The van der Waals surface area contributed by atoms with Crippen molar-refractivity contribution in [2.45, 2.75) is 18.9 Å². The van der Waals surface area contributed by atoms with Crippen molar-refractivity contribution in [3.8, 4) is 0 Å². The zero-order chi connectivity index (χ0) is 13.4. The number of aliphatic imine (C=N–C) groups is 1. The van der Waals surface area contributed by atoms with Gasteiger partial charge >= 0.3 is 0 Å². The molecular formula is C18H18N2. The van der Waals surface area contributed by atoms with Crippen molar-refractivity contribution >= 4 is 5.84 Å². The lowest BCUT2D eigenvalue weighted by Crippen LogP contribution is -2.31. The number of hydrogen-bond acceptors (Lipinski definition) is 2. The smallest absolute Gasteiger partial charge is 0.100 e. The maximum absolute atomic E-state index is 4.72. The maximum atomic E-state index is 4.72. The topological polar surface area (TPSA) is 15.6 Å². The molecule has 0 bridgehead atoms. The Hall–Kier alpha value is -2.09. The number of rotatable bonds is 1. The number of fused-ring (bicyclic) bond motifs is 2. The van der Waals surface area contributed by atoms with Gasteiger partial charge in [-0.3, -0.25) is 4.99 Å². The second-order valence-corrected chi connectivity index (χ2v) is 5.50. The van der Waals surface area contributed by atoms with Crippen LogP contribution in [0.4, 0.5) is 0 Å². The van der Waals surface area contributed by atoms with E-state index in [1.807, 2.05) is 0 Å². The van der Waals surface area contributed by atoms with Crippen LogP contribution in [0, 0.1) is 0 Å². The van der Waals surface area contributed by atoms with E-state index in [-0.39, 0.29) is 0 Å². The zero-order valence-electron chi connectivity index (χ0n) is 11.5. The van der Waals surface area contributed by atoms with Crippen LogP contribution >= 0.6 is 0 Å². The highest BCUT2D eigenvalue weighted by Gasteiger charge is 2.31. The molecule has 0 radical (unpaired) electrons. The Morgan fingerprint density at radius 1 is 0.900 bits per heavy atom. The largest absolute Gasteiger partial charge is 0.347 e. The van der Waals surface area contributed by atoms with Crippen LogP contribution in [0.15, 0.2) is 59.6 Å². The molecule has 2 aromatic rings. The minimum Gasteiger partial charge on any atom is -0.347 e. The second-order valence-electron chi connectivity index (χ2n) is 5.50. The third kappa shape index (κ3) is 1.83. The molecule has 2 heterocycles. The predicted molar refractivity (Wildman–Crippen MR) is 82.1 cm³/mol. The van der Waals surface area contributed by atoms with Gasteiger partial charge in [-0.1, -0.05) is 54.6 Å². The summed E-state index contributed by atoms with van der Waals surface area (Å²) < 4.78 is 0. The highest BCUT2D eigenvalue weighted by molar-refractivity contribution is 5.85. The van der Waals surface area contributed by atoms with Gasteiger partial charge in [-0.2, -0.15) is 0 Å². The summed E-state index contributed by atoms with van der Waals surface area (Å²) >= 11 is 0. The van der Waals surface area contributed by atoms with E-state index in [2.05, 4.69) is 59.5 Å². The van der Waals surface area contributed by atoms with Crippen molar-refractivity contribution in [3.63, 3.8) is 0 Å². The van der Waals surface area contributed by atoms with E-state index in [1.165, 1.54) is 22.5 Å². The van der Waals surface area contributed by atoms with Crippen molar-refractivity contribution in [1.29, 1.82) is 0 Å². The van der Waals surface area contributed by atoms with Gasteiger partial charge in [0.25, 0.3) is 0 Å². The lowest BCUT2D eigenvalue weighted by molar-refractivity contribution is 0.387. The molecule has 0 aliphatic carbocycles. The number of hydrogen-bond donors (Lipinski definition) is 0. The molecule has 0 fully saturated rings. The van der Waals surface area contributed by atoms with E-state index in [4.69, 9.17) is 4.99 Å². The second kappa shape index (κ2) is 4.78. The number of aryl methyl sites for hydroxylation is 1. The van der Waals surface area contributed by atoms with Gasteiger partial charge in [0, 0.05) is 13.0 Å².